The summed E-state index contributed by atoms with van der Waals surface area (Å²) >= 11 is 0. The van der Waals surface area contributed by atoms with Gasteiger partial charge in [-0.15, -0.1) is 0 Å². The molecule has 1 saturated heterocycles. The van der Waals surface area contributed by atoms with Crippen LogP contribution >= 0.6 is 0 Å². The molecule has 1 fully saturated rings. The van der Waals surface area contributed by atoms with Crippen molar-refractivity contribution in [3.63, 3.8) is 0 Å². The molecule has 4 nitrogen and oxygen atoms in total. The lowest BCUT2D eigenvalue weighted by Gasteiger charge is -2.26. The predicted molar refractivity (Wildman–Crippen MR) is 108 cm³/mol. The second kappa shape index (κ2) is 8.49. The van der Waals surface area contributed by atoms with Crippen molar-refractivity contribution >= 4 is 11.8 Å². The van der Waals surface area contributed by atoms with E-state index in [0.29, 0.717) is 0 Å². The first-order chi connectivity index (χ1) is 12.9. The van der Waals surface area contributed by atoms with Gasteiger partial charge in [0.15, 0.2) is 0 Å². The number of morpholine rings is 1. The summed E-state index contributed by atoms with van der Waals surface area (Å²) in [7, 11) is 0. The van der Waals surface area contributed by atoms with Gasteiger partial charge in [0.1, 0.15) is 0 Å². The van der Waals surface area contributed by atoms with E-state index in [0.717, 1.165) is 52.5 Å². The SMILES string of the molecule is C1=Cc2ccc(-c3ccc(CNCCN4CCOCC4)cc3)cc2NC1. The molecule has 2 heterocycles. The summed E-state index contributed by atoms with van der Waals surface area (Å²) in [4.78, 5) is 2.46. The largest absolute Gasteiger partial charge is 0.381 e. The summed E-state index contributed by atoms with van der Waals surface area (Å²) in [5, 5.41) is 6.99. The van der Waals surface area contributed by atoms with Gasteiger partial charge in [-0.25, -0.2) is 0 Å². The molecule has 0 bridgehead atoms. The van der Waals surface area contributed by atoms with Gasteiger partial charge in [-0.05, 0) is 28.3 Å². The standard InChI is InChI=1S/C22H27N3O/c1-2-20-7-8-21(16-22(20)24-9-1)19-5-3-18(4-6-19)17-23-10-11-25-12-14-26-15-13-25/h1-8,16,23-24H,9-15,17H2. The molecule has 0 amide bonds. The zero-order valence-corrected chi connectivity index (χ0v) is 15.2. The Labute approximate surface area is 155 Å². The van der Waals surface area contributed by atoms with Crippen LogP contribution in [0.4, 0.5) is 5.69 Å². The number of fused-ring (bicyclic) bond motifs is 1. The normalized spacial score (nSPS) is 16.9. The van der Waals surface area contributed by atoms with Crippen LogP contribution in [0.2, 0.25) is 0 Å². The average Bonchev–Trinajstić information content (AvgIpc) is 2.72. The topological polar surface area (TPSA) is 36.5 Å². The van der Waals surface area contributed by atoms with Crippen LogP contribution in [0.3, 0.4) is 0 Å². The van der Waals surface area contributed by atoms with Crippen molar-refractivity contribution in [2.45, 2.75) is 6.54 Å². The summed E-state index contributed by atoms with van der Waals surface area (Å²) < 4.78 is 5.38. The number of ether oxygens (including phenoxy) is 1. The van der Waals surface area contributed by atoms with E-state index in [4.69, 9.17) is 4.74 Å². The Morgan fingerprint density at radius 1 is 1.00 bits per heavy atom. The fourth-order valence-electron chi connectivity index (χ4n) is 3.50. The van der Waals surface area contributed by atoms with Crippen LogP contribution in [-0.4, -0.2) is 50.8 Å². The maximum atomic E-state index is 5.38. The fraction of sp³-hybridized carbons (Fsp3) is 0.364. The molecule has 0 aliphatic carbocycles. The average molecular weight is 349 g/mol. The molecule has 0 aromatic heterocycles. The van der Waals surface area contributed by atoms with Crippen molar-refractivity contribution in [2.24, 2.45) is 0 Å². The summed E-state index contributed by atoms with van der Waals surface area (Å²) in [6, 6.07) is 15.5. The van der Waals surface area contributed by atoms with E-state index in [-0.39, 0.29) is 0 Å². The van der Waals surface area contributed by atoms with Gasteiger partial charge in [0, 0.05) is 45.0 Å². The van der Waals surface area contributed by atoms with Crippen LogP contribution in [0.25, 0.3) is 17.2 Å². The molecule has 136 valence electrons. The van der Waals surface area contributed by atoms with Gasteiger partial charge in [-0.3, -0.25) is 4.90 Å². The molecule has 2 aromatic carbocycles. The van der Waals surface area contributed by atoms with Crippen LogP contribution in [0.15, 0.2) is 48.5 Å². The van der Waals surface area contributed by atoms with E-state index in [2.05, 4.69) is 70.2 Å². The first-order valence-electron chi connectivity index (χ1n) is 9.53. The lowest BCUT2D eigenvalue weighted by molar-refractivity contribution is 0.0384. The first-order valence-corrected chi connectivity index (χ1v) is 9.53. The Morgan fingerprint density at radius 2 is 1.81 bits per heavy atom. The van der Waals surface area contributed by atoms with Gasteiger partial charge >= 0.3 is 0 Å². The lowest BCUT2D eigenvalue weighted by Crippen LogP contribution is -2.40. The molecule has 2 aromatic rings. The Bertz CT molecular complexity index is 748. The van der Waals surface area contributed by atoms with E-state index in [1.165, 1.54) is 27.9 Å². The monoisotopic (exact) mass is 349 g/mol. The molecule has 2 aliphatic rings. The maximum Gasteiger partial charge on any atom is 0.0594 e. The third kappa shape index (κ3) is 4.33. The Balaban J connectivity index is 1.30. The van der Waals surface area contributed by atoms with Crippen LogP contribution in [0.1, 0.15) is 11.1 Å². The third-order valence-electron chi connectivity index (χ3n) is 5.09. The smallest absolute Gasteiger partial charge is 0.0594 e. The van der Waals surface area contributed by atoms with Crippen molar-refractivity contribution in [1.82, 2.24) is 10.2 Å². The number of anilines is 1. The minimum atomic E-state index is 0.871. The molecular weight excluding hydrogens is 322 g/mol. The van der Waals surface area contributed by atoms with E-state index in [1.54, 1.807) is 0 Å². The van der Waals surface area contributed by atoms with E-state index < -0.39 is 0 Å². The molecule has 2 N–H and O–H groups in total. The first kappa shape index (κ1) is 17.3. The van der Waals surface area contributed by atoms with Crippen molar-refractivity contribution in [2.75, 3.05) is 51.3 Å². The molecule has 4 rings (SSSR count). The number of hydrogen-bond donors (Lipinski definition) is 2. The van der Waals surface area contributed by atoms with Crippen LogP contribution in [0.5, 0.6) is 0 Å². The molecule has 0 saturated carbocycles. The Hall–Kier alpha value is -2.14. The lowest BCUT2D eigenvalue weighted by atomic mass is 10.00. The molecular formula is C22H27N3O. The number of hydrogen-bond acceptors (Lipinski definition) is 4. The maximum absolute atomic E-state index is 5.38. The highest BCUT2D eigenvalue weighted by molar-refractivity contribution is 5.77. The molecule has 0 radical (unpaired) electrons. The second-order valence-corrected chi connectivity index (χ2v) is 6.91. The minimum Gasteiger partial charge on any atom is -0.381 e. The van der Waals surface area contributed by atoms with Gasteiger partial charge in [0.05, 0.1) is 13.2 Å². The highest BCUT2D eigenvalue weighted by atomic mass is 16.5. The van der Waals surface area contributed by atoms with Crippen molar-refractivity contribution in [1.29, 1.82) is 0 Å². The number of nitrogens with zero attached hydrogens (tertiary/aromatic N) is 1. The van der Waals surface area contributed by atoms with Gasteiger partial charge in [-0.1, -0.05) is 48.6 Å². The summed E-state index contributed by atoms with van der Waals surface area (Å²) in [5.74, 6) is 0. The highest BCUT2D eigenvalue weighted by Crippen LogP contribution is 2.28. The molecule has 26 heavy (non-hydrogen) atoms. The fourth-order valence-corrected chi connectivity index (χ4v) is 3.50. The van der Waals surface area contributed by atoms with Crippen molar-refractivity contribution in [3.05, 3.63) is 59.7 Å². The van der Waals surface area contributed by atoms with Crippen LogP contribution in [-0.2, 0) is 11.3 Å². The minimum absolute atomic E-state index is 0.871. The predicted octanol–water partition coefficient (Wildman–Crippen LogP) is 3.21. The number of benzene rings is 2. The van der Waals surface area contributed by atoms with Crippen LogP contribution in [0, 0.1) is 0 Å². The second-order valence-electron chi connectivity index (χ2n) is 6.91. The third-order valence-corrected chi connectivity index (χ3v) is 5.09. The molecule has 0 unspecified atom stereocenters. The van der Waals surface area contributed by atoms with Crippen LogP contribution < -0.4 is 10.6 Å². The molecule has 2 aliphatic heterocycles. The van der Waals surface area contributed by atoms with E-state index in [9.17, 15) is 0 Å². The number of rotatable bonds is 6. The quantitative estimate of drug-likeness (QED) is 0.785. The summed E-state index contributed by atoms with van der Waals surface area (Å²) in [5.41, 5.74) is 6.34. The highest BCUT2D eigenvalue weighted by Gasteiger charge is 2.09. The molecule has 4 heteroatoms. The summed E-state index contributed by atoms with van der Waals surface area (Å²) in [6.45, 7) is 7.80. The van der Waals surface area contributed by atoms with Gasteiger partial charge < -0.3 is 15.4 Å². The number of nitrogens with one attached hydrogen (secondary N) is 2. The Kier molecular flexibility index (Phi) is 5.65. The van der Waals surface area contributed by atoms with Gasteiger partial charge in [-0.2, -0.15) is 0 Å². The summed E-state index contributed by atoms with van der Waals surface area (Å²) in [6.07, 6.45) is 4.34. The van der Waals surface area contributed by atoms with E-state index >= 15 is 0 Å². The molecule has 0 atom stereocenters. The van der Waals surface area contributed by atoms with Crippen molar-refractivity contribution < 1.29 is 4.74 Å². The van der Waals surface area contributed by atoms with Gasteiger partial charge in [0.25, 0.3) is 0 Å². The van der Waals surface area contributed by atoms with E-state index in [1.807, 2.05) is 0 Å². The zero-order valence-electron chi connectivity index (χ0n) is 15.2. The van der Waals surface area contributed by atoms with Crippen molar-refractivity contribution in [3.8, 4) is 11.1 Å². The van der Waals surface area contributed by atoms with Gasteiger partial charge in [0.2, 0.25) is 0 Å². The Morgan fingerprint density at radius 3 is 2.65 bits per heavy atom. The molecule has 0 spiro atoms. The zero-order chi connectivity index (χ0) is 17.6.